The van der Waals surface area contributed by atoms with Crippen LogP contribution < -0.4 is 5.32 Å². The van der Waals surface area contributed by atoms with Crippen molar-refractivity contribution in [3.05, 3.63) is 76.2 Å². The maximum absolute atomic E-state index is 11.2. The van der Waals surface area contributed by atoms with Crippen molar-refractivity contribution in [1.29, 1.82) is 0 Å². The summed E-state index contributed by atoms with van der Waals surface area (Å²) in [5, 5.41) is 7.34. The van der Waals surface area contributed by atoms with Gasteiger partial charge in [-0.2, -0.15) is 0 Å². The van der Waals surface area contributed by atoms with Gasteiger partial charge >= 0.3 is 5.97 Å². The molecule has 132 valence electrons. The normalized spacial score (nSPS) is 16.3. The van der Waals surface area contributed by atoms with Crippen LogP contribution >= 0.6 is 11.3 Å². The maximum Gasteiger partial charge on any atom is 0.330 e. The average molecular weight is 363 g/mol. The molecule has 3 nitrogen and oxygen atoms in total. The molecule has 1 aromatic heterocycles. The van der Waals surface area contributed by atoms with E-state index in [4.69, 9.17) is 0 Å². The summed E-state index contributed by atoms with van der Waals surface area (Å²) in [6, 6.07) is 15.4. The molecule has 0 spiro atoms. The molecular weight excluding hydrogens is 342 g/mol. The molecule has 1 aliphatic rings. The van der Waals surface area contributed by atoms with Crippen molar-refractivity contribution in [2.75, 3.05) is 7.11 Å². The summed E-state index contributed by atoms with van der Waals surface area (Å²) >= 11 is 1.81. The Morgan fingerprint density at radius 3 is 3.08 bits per heavy atom. The summed E-state index contributed by atoms with van der Waals surface area (Å²) in [4.78, 5) is 11.2. The van der Waals surface area contributed by atoms with Crippen molar-refractivity contribution < 1.29 is 9.53 Å². The van der Waals surface area contributed by atoms with E-state index in [2.05, 4.69) is 57.9 Å². The highest BCUT2D eigenvalue weighted by atomic mass is 32.1. The second kappa shape index (κ2) is 7.44. The van der Waals surface area contributed by atoms with Crippen LogP contribution in [0.1, 0.15) is 34.7 Å². The number of hydrogen-bond donors (Lipinski definition) is 1. The number of methoxy groups -OCH3 is 1. The smallest absolute Gasteiger partial charge is 0.330 e. The van der Waals surface area contributed by atoms with E-state index in [-0.39, 0.29) is 5.97 Å². The molecule has 3 aromatic rings. The van der Waals surface area contributed by atoms with Gasteiger partial charge < -0.3 is 10.1 Å². The Bertz CT molecular complexity index is 973. The Balaban J connectivity index is 1.46. The summed E-state index contributed by atoms with van der Waals surface area (Å²) < 4.78 is 5.99. The number of ether oxygens (including phenoxy) is 1. The minimum atomic E-state index is -0.326. The van der Waals surface area contributed by atoms with Gasteiger partial charge in [0.15, 0.2) is 0 Å². The Morgan fingerprint density at radius 2 is 2.19 bits per heavy atom. The van der Waals surface area contributed by atoms with Crippen molar-refractivity contribution >= 4 is 33.5 Å². The quantitative estimate of drug-likeness (QED) is 0.519. The monoisotopic (exact) mass is 363 g/mol. The highest BCUT2D eigenvalue weighted by molar-refractivity contribution is 7.17. The third kappa shape index (κ3) is 3.43. The molecule has 0 fully saturated rings. The second-order valence-electron chi connectivity index (χ2n) is 6.54. The van der Waals surface area contributed by atoms with E-state index in [1.54, 1.807) is 0 Å². The summed E-state index contributed by atoms with van der Waals surface area (Å²) in [5.41, 5.74) is 5.15. The molecule has 0 saturated heterocycles. The maximum atomic E-state index is 11.2. The van der Waals surface area contributed by atoms with Gasteiger partial charge in [0.05, 0.1) is 7.11 Å². The van der Waals surface area contributed by atoms with E-state index in [1.165, 1.54) is 40.0 Å². The zero-order valence-electron chi connectivity index (χ0n) is 14.7. The van der Waals surface area contributed by atoms with Crippen LogP contribution in [0.4, 0.5) is 0 Å². The number of carbonyl (C=O) groups excluding carboxylic acids is 1. The Hall–Kier alpha value is -2.43. The van der Waals surface area contributed by atoms with Gasteiger partial charge in [0, 0.05) is 23.4 Å². The van der Waals surface area contributed by atoms with Crippen molar-refractivity contribution in [2.24, 2.45) is 0 Å². The number of esters is 1. The number of nitrogens with one attached hydrogen (secondary N) is 1. The molecule has 26 heavy (non-hydrogen) atoms. The fourth-order valence-electron chi connectivity index (χ4n) is 3.59. The Labute approximate surface area is 157 Å². The van der Waals surface area contributed by atoms with E-state index in [9.17, 15) is 4.79 Å². The van der Waals surface area contributed by atoms with Crippen LogP contribution in [0.2, 0.25) is 0 Å². The third-order valence-corrected chi connectivity index (χ3v) is 5.97. The molecule has 4 heteroatoms. The first-order valence-corrected chi connectivity index (χ1v) is 9.70. The van der Waals surface area contributed by atoms with Gasteiger partial charge in [-0.3, -0.25) is 0 Å². The first-order chi connectivity index (χ1) is 12.7. The van der Waals surface area contributed by atoms with Gasteiger partial charge in [0.2, 0.25) is 0 Å². The number of rotatable bonds is 5. The molecule has 2 aromatic carbocycles. The second-order valence-corrected chi connectivity index (χ2v) is 7.46. The SMILES string of the molecule is COC(=O)/C=C/c1ccc2c(c1)CCC2NCc1csc2ccccc12. The van der Waals surface area contributed by atoms with Crippen LogP contribution in [0.5, 0.6) is 0 Å². The molecule has 1 unspecified atom stereocenters. The lowest BCUT2D eigenvalue weighted by molar-refractivity contribution is -0.134. The first kappa shape index (κ1) is 17.0. The Kier molecular flexibility index (Phi) is 4.87. The lowest BCUT2D eigenvalue weighted by atomic mass is 10.0. The van der Waals surface area contributed by atoms with Crippen LogP contribution in [0.15, 0.2) is 53.9 Å². The third-order valence-electron chi connectivity index (χ3n) is 4.96. The van der Waals surface area contributed by atoms with Crippen LogP contribution in [0.3, 0.4) is 0 Å². The highest BCUT2D eigenvalue weighted by Gasteiger charge is 2.22. The van der Waals surface area contributed by atoms with Crippen LogP contribution in [0, 0.1) is 0 Å². The van der Waals surface area contributed by atoms with Crippen LogP contribution in [-0.2, 0) is 22.5 Å². The molecule has 0 saturated carbocycles. The van der Waals surface area contributed by atoms with Gasteiger partial charge in [-0.05, 0) is 58.0 Å². The lowest BCUT2D eigenvalue weighted by Gasteiger charge is -2.14. The van der Waals surface area contributed by atoms with Gasteiger partial charge in [-0.15, -0.1) is 11.3 Å². The number of benzene rings is 2. The van der Waals surface area contributed by atoms with Crippen LogP contribution in [-0.4, -0.2) is 13.1 Å². The molecule has 1 atom stereocenters. The molecule has 1 heterocycles. The van der Waals surface area contributed by atoms with Gasteiger partial charge in [0.1, 0.15) is 0 Å². The summed E-state index contributed by atoms with van der Waals surface area (Å²) in [6.07, 6.45) is 5.46. The lowest BCUT2D eigenvalue weighted by Crippen LogP contribution is -2.18. The minimum Gasteiger partial charge on any atom is -0.466 e. The molecular formula is C22H21NO2S. The summed E-state index contributed by atoms with van der Waals surface area (Å²) in [6.45, 7) is 0.887. The van der Waals surface area contributed by atoms with Crippen LogP contribution in [0.25, 0.3) is 16.2 Å². The van der Waals surface area contributed by atoms with E-state index >= 15 is 0 Å². The number of thiophene rings is 1. The average Bonchev–Trinajstić information content (AvgIpc) is 3.28. The Morgan fingerprint density at radius 1 is 1.31 bits per heavy atom. The summed E-state index contributed by atoms with van der Waals surface area (Å²) in [5.74, 6) is -0.326. The van der Waals surface area contributed by atoms with Gasteiger partial charge in [-0.25, -0.2) is 4.79 Å². The van der Waals surface area contributed by atoms with Crippen molar-refractivity contribution in [3.8, 4) is 0 Å². The highest BCUT2D eigenvalue weighted by Crippen LogP contribution is 2.33. The van der Waals surface area contributed by atoms with Gasteiger partial charge in [0.25, 0.3) is 0 Å². The van der Waals surface area contributed by atoms with E-state index in [0.29, 0.717) is 6.04 Å². The van der Waals surface area contributed by atoms with Crippen molar-refractivity contribution in [3.63, 3.8) is 0 Å². The molecule has 0 bridgehead atoms. The fraction of sp³-hybridized carbons (Fsp3) is 0.227. The zero-order chi connectivity index (χ0) is 17.9. The predicted octanol–water partition coefficient (Wildman–Crippen LogP) is 4.86. The van der Waals surface area contributed by atoms with E-state index in [1.807, 2.05) is 17.4 Å². The molecule has 0 amide bonds. The molecule has 1 N–H and O–H groups in total. The van der Waals surface area contributed by atoms with E-state index < -0.39 is 0 Å². The van der Waals surface area contributed by atoms with E-state index in [0.717, 1.165) is 24.9 Å². The fourth-order valence-corrected chi connectivity index (χ4v) is 4.55. The molecule has 0 radical (unpaired) electrons. The minimum absolute atomic E-state index is 0.326. The number of hydrogen-bond acceptors (Lipinski definition) is 4. The topological polar surface area (TPSA) is 38.3 Å². The number of carbonyl (C=O) groups is 1. The molecule has 4 rings (SSSR count). The number of fused-ring (bicyclic) bond motifs is 2. The number of aryl methyl sites for hydroxylation is 1. The first-order valence-electron chi connectivity index (χ1n) is 8.82. The van der Waals surface area contributed by atoms with Crippen molar-refractivity contribution in [1.82, 2.24) is 5.32 Å². The molecule has 1 aliphatic carbocycles. The zero-order valence-corrected chi connectivity index (χ0v) is 15.5. The summed E-state index contributed by atoms with van der Waals surface area (Å²) in [7, 11) is 1.39. The van der Waals surface area contributed by atoms with Gasteiger partial charge in [-0.1, -0.05) is 36.4 Å². The largest absolute Gasteiger partial charge is 0.466 e. The molecule has 0 aliphatic heterocycles. The van der Waals surface area contributed by atoms with Crippen molar-refractivity contribution in [2.45, 2.75) is 25.4 Å². The predicted molar refractivity (Wildman–Crippen MR) is 107 cm³/mol. The standard InChI is InChI=1S/C22H21NO2S/c1-25-22(24)11-7-15-6-9-18-16(12-15)8-10-20(18)23-13-17-14-26-21-5-3-2-4-19(17)21/h2-7,9,11-12,14,20,23H,8,10,13H2,1H3/b11-7+.